The van der Waals surface area contributed by atoms with Crippen LogP contribution in [0.25, 0.3) is 0 Å². The van der Waals surface area contributed by atoms with Gasteiger partial charge >= 0.3 is 0 Å². The van der Waals surface area contributed by atoms with Gasteiger partial charge in [-0.15, -0.1) is 0 Å². The van der Waals surface area contributed by atoms with Crippen LogP contribution in [0.1, 0.15) is 35.8 Å². The number of nitrogens with zero attached hydrogens (tertiary/aromatic N) is 1. The molecule has 0 saturated heterocycles. The average molecular weight is 367 g/mol. The Bertz CT molecular complexity index is 730. The molecule has 0 radical (unpaired) electrons. The van der Waals surface area contributed by atoms with Crippen molar-refractivity contribution in [3.8, 4) is 0 Å². The fourth-order valence-corrected chi connectivity index (χ4v) is 2.93. The van der Waals surface area contributed by atoms with Gasteiger partial charge in [0.2, 0.25) is 5.91 Å². The van der Waals surface area contributed by atoms with Gasteiger partial charge in [-0.25, -0.2) is 0 Å². The summed E-state index contributed by atoms with van der Waals surface area (Å²) in [4.78, 5) is 27.3. The van der Waals surface area contributed by atoms with Crippen molar-refractivity contribution in [2.45, 2.75) is 25.9 Å². The normalized spacial score (nSPS) is 13.3. The fraction of sp³-hybridized carbons (Fsp3) is 0.364. The van der Waals surface area contributed by atoms with Crippen molar-refractivity contribution >= 4 is 11.8 Å². The summed E-state index contributed by atoms with van der Waals surface area (Å²) in [7, 11) is 3.97. The monoisotopic (exact) mass is 367 g/mol. The van der Waals surface area contributed by atoms with Gasteiger partial charge in [-0.05, 0) is 37.7 Å². The van der Waals surface area contributed by atoms with Crippen LogP contribution in [-0.2, 0) is 4.79 Å². The number of nitrogens with one attached hydrogen (secondary N) is 2. The molecule has 2 rings (SSSR count). The number of carbonyl (C=O) groups is 2. The standard InChI is InChI=1S/C22H29N3O2/c1-16(2)20(24-21(26)18-13-9-6-10-14-18)22(27)23-15-19(25(3)4)17-11-7-5-8-12-17/h5-14,16,19-20H,15H2,1-4H3,(H,23,27)(H,24,26)/t19-,20+/m1/s1. The van der Waals surface area contributed by atoms with Gasteiger partial charge in [-0.1, -0.05) is 62.4 Å². The first-order valence-electron chi connectivity index (χ1n) is 9.25. The molecule has 0 aromatic heterocycles. The van der Waals surface area contributed by atoms with Crippen molar-refractivity contribution in [2.75, 3.05) is 20.6 Å². The zero-order valence-electron chi connectivity index (χ0n) is 16.5. The van der Waals surface area contributed by atoms with Crippen molar-refractivity contribution in [1.82, 2.24) is 15.5 Å². The molecule has 5 heteroatoms. The lowest BCUT2D eigenvalue weighted by Crippen LogP contribution is -2.51. The van der Waals surface area contributed by atoms with Crippen LogP contribution in [0.2, 0.25) is 0 Å². The summed E-state index contributed by atoms with van der Waals surface area (Å²) in [5.41, 5.74) is 1.68. The Morgan fingerprint density at radius 1 is 0.926 bits per heavy atom. The Labute approximate surface area is 161 Å². The van der Waals surface area contributed by atoms with Gasteiger partial charge in [0.25, 0.3) is 5.91 Å². The van der Waals surface area contributed by atoms with Gasteiger partial charge in [-0.3, -0.25) is 9.59 Å². The molecular weight excluding hydrogens is 338 g/mol. The zero-order chi connectivity index (χ0) is 19.8. The average Bonchev–Trinajstić information content (AvgIpc) is 2.67. The van der Waals surface area contributed by atoms with Gasteiger partial charge in [0.05, 0.1) is 6.04 Å². The highest BCUT2D eigenvalue weighted by Crippen LogP contribution is 2.17. The molecule has 2 atom stereocenters. The first-order valence-corrected chi connectivity index (χ1v) is 9.25. The second kappa shape index (κ2) is 9.88. The summed E-state index contributed by atoms with van der Waals surface area (Å²) in [5.74, 6) is -0.430. The van der Waals surface area contributed by atoms with E-state index in [4.69, 9.17) is 0 Å². The molecule has 2 N–H and O–H groups in total. The maximum absolute atomic E-state index is 12.8. The Balaban J connectivity index is 2.03. The highest BCUT2D eigenvalue weighted by molar-refractivity contribution is 5.97. The molecule has 2 aromatic rings. The smallest absolute Gasteiger partial charge is 0.251 e. The van der Waals surface area contributed by atoms with Gasteiger partial charge in [-0.2, -0.15) is 0 Å². The van der Waals surface area contributed by atoms with E-state index in [0.29, 0.717) is 12.1 Å². The zero-order valence-corrected chi connectivity index (χ0v) is 16.5. The molecule has 2 aromatic carbocycles. The van der Waals surface area contributed by atoms with Gasteiger partial charge in [0.15, 0.2) is 0 Å². The summed E-state index contributed by atoms with van der Waals surface area (Å²) in [6.45, 7) is 4.33. The molecule has 0 heterocycles. The number of rotatable bonds is 8. The molecule has 0 spiro atoms. The highest BCUT2D eigenvalue weighted by Gasteiger charge is 2.25. The van der Waals surface area contributed by atoms with Crippen molar-refractivity contribution in [1.29, 1.82) is 0 Å². The Kier molecular flexibility index (Phi) is 7.55. The molecule has 27 heavy (non-hydrogen) atoms. The lowest BCUT2D eigenvalue weighted by atomic mass is 10.0. The molecule has 0 bridgehead atoms. The topological polar surface area (TPSA) is 61.4 Å². The summed E-state index contributed by atoms with van der Waals surface area (Å²) >= 11 is 0. The molecule has 0 unspecified atom stereocenters. The SMILES string of the molecule is CC(C)[C@H](NC(=O)c1ccccc1)C(=O)NC[C@H](c1ccccc1)N(C)C. The van der Waals surface area contributed by atoms with E-state index in [0.717, 1.165) is 5.56 Å². The van der Waals surface area contributed by atoms with E-state index in [-0.39, 0.29) is 23.8 Å². The molecular formula is C22H29N3O2. The van der Waals surface area contributed by atoms with Crippen LogP contribution in [0.3, 0.4) is 0 Å². The van der Waals surface area contributed by atoms with Crippen molar-refractivity contribution in [3.05, 3.63) is 71.8 Å². The van der Waals surface area contributed by atoms with Crippen molar-refractivity contribution in [3.63, 3.8) is 0 Å². The summed E-state index contributed by atoms with van der Waals surface area (Å²) in [6, 6.07) is 18.5. The van der Waals surface area contributed by atoms with Crippen LogP contribution in [0.5, 0.6) is 0 Å². The highest BCUT2D eigenvalue weighted by atomic mass is 16.2. The third-order valence-corrected chi connectivity index (χ3v) is 4.55. The molecule has 0 fully saturated rings. The van der Waals surface area contributed by atoms with E-state index in [2.05, 4.69) is 15.5 Å². The van der Waals surface area contributed by atoms with Gasteiger partial charge in [0.1, 0.15) is 6.04 Å². The minimum atomic E-state index is -0.587. The van der Waals surface area contributed by atoms with E-state index >= 15 is 0 Å². The maximum atomic E-state index is 12.8. The lowest BCUT2D eigenvalue weighted by Gasteiger charge is -2.27. The molecule has 5 nitrogen and oxygen atoms in total. The molecule has 144 valence electrons. The van der Waals surface area contributed by atoms with E-state index in [1.807, 2.05) is 64.3 Å². The summed E-state index contributed by atoms with van der Waals surface area (Å²) in [6.07, 6.45) is 0. The summed E-state index contributed by atoms with van der Waals surface area (Å²) < 4.78 is 0. The summed E-state index contributed by atoms with van der Waals surface area (Å²) in [5, 5.41) is 5.87. The van der Waals surface area contributed by atoms with Crippen LogP contribution < -0.4 is 10.6 Å². The van der Waals surface area contributed by atoms with Crippen LogP contribution in [0, 0.1) is 5.92 Å². The maximum Gasteiger partial charge on any atom is 0.251 e. The predicted molar refractivity (Wildman–Crippen MR) is 108 cm³/mol. The predicted octanol–water partition coefficient (Wildman–Crippen LogP) is 2.86. The number of amides is 2. The number of carbonyl (C=O) groups excluding carboxylic acids is 2. The van der Waals surface area contributed by atoms with Crippen LogP contribution >= 0.6 is 0 Å². The molecule has 0 saturated carbocycles. The molecule has 0 aliphatic carbocycles. The van der Waals surface area contributed by atoms with Gasteiger partial charge < -0.3 is 15.5 Å². The largest absolute Gasteiger partial charge is 0.352 e. The van der Waals surface area contributed by atoms with Crippen LogP contribution in [0.4, 0.5) is 0 Å². The number of hydrogen-bond donors (Lipinski definition) is 2. The minimum absolute atomic E-state index is 0.0211. The number of likely N-dealkylation sites (N-methyl/N-ethyl adjacent to an activating group) is 1. The van der Waals surface area contributed by atoms with E-state index in [9.17, 15) is 9.59 Å². The van der Waals surface area contributed by atoms with E-state index in [1.165, 1.54) is 0 Å². The quantitative estimate of drug-likeness (QED) is 0.754. The number of benzene rings is 2. The molecule has 0 aliphatic rings. The second-order valence-corrected chi connectivity index (χ2v) is 7.20. The van der Waals surface area contributed by atoms with Crippen molar-refractivity contribution < 1.29 is 9.59 Å². The minimum Gasteiger partial charge on any atom is -0.352 e. The Morgan fingerprint density at radius 3 is 2.00 bits per heavy atom. The Hall–Kier alpha value is -2.66. The van der Waals surface area contributed by atoms with E-state index < -0.39 is 6.04 Å². The Morgan fingerprint density at radius 2 is 1.48 bits per heavy atom. The van der Waals surface area contributed by atoms with Crippen LogP contribution in [-0.4, -0.2) is 43.4 Å². The van der Waals surface area contributed by atoms with Crippen molar-refractivity contribution in [2.24, 2.45) is 5.92 Å². The second-order valence-electron chi connectivity index (χ2n) is 7.20. The molecule has 2 amide bonds. The van der Waals surface area contributed by atoms with E-state index in [1.54, 1.807) is 24.3 Å². The number of hydrogen-bond acceptors (Lipinski definition) is 3. The third-order valence-electron chi connectivity index (χ3n) is 4.55. The van der Waals surface area contributed by atoms with Crippen LogP contribution in [0.15, 0.2) is 60.7 Å². The first-order chi connectivity index (χ1) is 12.9. The molecule has 0 aliphatic heterocycles. The van der Waals surface area contributed by atoms with Gasteiger partial charge in [0, 0.05) is 12.1 Å². The third kappa shape index (κ3) is 5.93. The lowest BCUT2D eigenvalue weighted by molar-refractivity contribution is -0.124. The first kappa shape index (κ1) is 20.6. The fourth-order valence-electron chi connectivity index (χ4n) is 2.93.